The smallest absolute Gasteiger partial charge is 0.264 e. The quantitative estimate of drug-likeness (QED) is 0.349. The van der Waals surface area contributed by atoms with Crippen molar-refractivity contribution in [3.63, 3.8) is 0 Å². The lowest BCUT2D eigenvalue weighted by atomic mass is 10.0. The SMILES string of the molecule is Cc1cccc2sc(N=C(N)c3ccc(S(=O)(=O)N4CCCc5ccccc54)cc3)nc12. The Bertz CT molecular complexity index is 1440. The molecule has 2 heterocycles. The van der Waals surface area contributed by atoms with Gasteiger partial charge in [-0.2, -0.15) is 0 Å². The van der Waals surface area contributed by atoms with E-state index in [1.54, 1.807) is 24.3 Å². The number of hydrogen-bond acceptors (Lipinski definition) is 5. The fourth-order valence-corrected chi connectivity index (χ4v) is 6.43. The van der Waals surface area contributed by atoms with Crippen LogP contribution in [0.3, 0.4) is 0 Å². The van der Waals surface area contributed by atoms with Gasteiger partial charge in [0.1, 0.15) is 5.84 Å². The van der Waals surface area contributed by atoms with Gasteiger partial charge in [-0.3, -0.25) is 4.31 Å². The molecule has 162 valence electrons. The number of benzene rings is 3. The molecule has 0 spiro atoms. The second-order valence-electron chi connectivity index (χ2n) is 7.75. The lowest BCUT2D eigenvalue weighted by molar-refractivity contribution is 0.586. The van der Waals surface area contributed by atoms with Gasteiger partial charge in [0.05, 0.1) is 20.8 Å². The van der Waals surface area contributed by atoms with Gasteiger partial charge < -0.3 is 5.73 Å². The highest BCUT2D eigenvalue weighted by Crippen LogP contribution is 2.32. The van der Waals surface area contributed by atoms with E-state index >= 15 is 0 Å². The summed E-state index contributed by atoms with van der Waals surface area (Å²) in [7, 11) is -3.66. The molecule has 8 heteroatoms. The Labute approximate surface area is 191 Å². The molecule has 0 radical (unpaired) electrons. The number of nitrogens with two attached hydrogens (primary N) is 1. The van der Waals surface area contributed by atoms with Gasteiger partial charge in [-0.05, 0) is 67.3 Å². The number of nitrogens with zero attached hydrogens (tertiary/aromatic N) is 3. The van der Waals surface area contributed by atoms with Crippen LogP contribution in [-0.2, 0) is 16.4 Å². The first kappa shape index (κ1) is 20.7. The Morgan fingerprint density at radius 3 is 2.62 bits per heavy atom. The van der Waals surface area contributed by atoms with E-state index in [0.29, 0.717) is 23.1 Å². The maximum atomic E-state index is 13.3. The lowest BCUT2D eigenvalue weighted by Crippen LogP contribution is -2.35. The number of aryl methyl sites for hydroxylation is 2. The number of rotatable bonds is 4. The summed E-state index contributed by atoms with van der Waals surface area (Å²) in [5.74, 6) is 0.300. The van der Waals surface area contributed by atoms with Crippen LogP contribution in [0, 0.1) is 6.92 Å². The zero-order valence-electron chi connectivity index (χ0n) is 17.5. The zero-order chi connectivity index (χ0) is 22.3. The fourth-order valence-electron chi connectivity index (χ4n) is 3.96. The Morgan fingerprint density at radius 1 is 1.06 bits per heavy atom. The first-order valence-corrected chi connectivity index (χ1v) is 12.6. The van der Waals surface area contributed by atoms with Crippen LogP contribution in [0.25, 0.3) is 10.2 Å². The largest absolute Gasteiger partial charge is 0.383 e. The van der Waals surface area contributed by atoms with Crippen molar-refractivity contribution >= 4 is 48.2 Å². The van der Waals surface area contributed by atoms with Crippen molar-refractivity contribution in [2.24, 2.45) is 10.7 Å². The molecular formula is C24H22N4O2S2. The predicted octanol–water partition coefficient (Wildman–Crippen LogP) is 4.78. The van der Waals surface area contributed by atoms with Crippen LogP contribution in [0.5, 0.6) is 0 Å². The number of amidine groups is 1. The molecule has 4 aromatic rings. The molecule has 1 aliphatic heterocycles. The molecule has 0 atom stereocenters. The number of thiazole rings is 1. The van der Waals surface area contributed by atoms with E-state index in [-0.39, 0.29) is 4.90 Å². The van der Waals surface area contributed by atoms with Crippen LogP contribution < -0.4 is 10.0 Å². The van der Waals surface area contributed by atoms with Gasteiger partial charge in [0.15, 0.2) is 0 Å². The normalized spacial score (nSPS) is 14.5. The molecule has 0 saturated heterocycles. The van der Waals surface area contributed by atoms with E-state index in [9.17, 15) is 8.42 Å². The summed E-state index contributed by atoms with van der Waals surface area (Å²) in [6.45, 7) is 2.49. The Hall–Kier alpha value is -3.23. The first-order chi connectivity index (χ1) is 15.4. The molecule has 1 aromatic heterocycles. The number of sulfonamides is 1. The summed E-state index contributed by atoms with van der Waals surface area (Å²) in [6.07, 6.45) is 1.69. The summed E-state index contributed by atoms with van der Waals surface area (Å²) in [6, 6.07) is 20.2. The van der Waals surface area contributed by atoms with E-state index in [2.05, 4.69) is 9.98 Å². The molecule has 0 saturated carbocycles. The van der Waals surface area contributed by atoms with Gasteiger partial charge in [0.25, 0.3) is 10.0 Å². The second-order valence-corrected chi connectivity index (χ2v) is 10.6. The highest BCUT2D eigenvalue weighted by atomic mass is 32.2. The fraction of sp³-hybridized carbons (Fsp3) is 0.167. The van der Waals surface area contributed by atoms with Crippen LogP contribution in [0.1, 0.15) is 23.1 Å². The highest BCUT2D eigenvalue weighted by molar-refractivity contribution is 7.92. The zero-order valence-corrected chi connectivity index (χ0v) is 19.2. The minimum atomic E-state index is -3.66. The molecule has 0 bridgehead atoms. The van der Waals surface area contributed by atoms with Crippen LogP contribution in [0.4, 0.5) is 10.8 Å². The summed E-state index contributed by atoms with van der Waals surface area (Å²) in [4.78, 5) is 9.26. The number of fused-ring (bicyclic) bond motifs is 2. The Morgan fingerprint density at radius 2 is 1.84 bits per heavy atom. The summed E-state index contributed by atoms with van der Waals surface area (Å²) < 4.78 is 29.2. The lowest BCUT2D eigenvalue weighted by Gasteiger charge is -2.30. The third kappa shape index (κ3) is 3.65. The van der Waals surface area contributed by atoms with Crippen LogP contribution in [0.15, 0.2) is 76.6 Å². The maximum absolute atomic E-state index is 13.3. The second kappa shape index (κ2) is 8.03. The van der Waals surface area contributed by atoms with Crippen molar-refractivity contribution in [2.75, 3.05) is 10.8 Å². The molecule has 1 aliphatic rings. The van der Waals surface area contributed by atoms with Gasteiger partial charge in [-0.25, -0.2) is 18.4 Å². The summed E-state index contributed by atoms with van der Waals surface area (Å²) in [5, 5.41) is 0.577. The molecule has 3 aromatic carbocycles. The Balaban J connectivity index is 1.43. The van der Waals surface area contributed by atoms with E-state index in [0.717, 1.165) is 39.9 Å². The molecule has 5 rings (SSSR count). The van der Waals surface area contributed by atoms with Gasteiger partial charge in [0, 0.05) is 12.1 Å². The molecule has 0 unspecified atom stereocenters. The molecule has 6 nitrogen and oxygen atoms in total. The number of aliphatic imine (C=N–C) groups is 1. The molecular weight excluding hydrogens is 440 g/mol. The topological polar surface area (TPSA) is 88.6 Å². The molecule has 0 amide bonds. The average Bonchev–Trinajstić information content (AvgIpc) is 3.22. The number of aromatic nitrogens is 1. The average molecular weight is 463 g/mol. The maximum Gasteiger partial charge on any atom is 0.264 e. The van der Waals surface area contributed by atoms with E-state index < -0.39 is 10.0 Å². The predicted molar refractivity (Wildman–Crippen MR) is 130 cm³/mol. The molecule has 32 heavy (non-hydrogen) atoms. The Kier molecular flexibility index (Phi) is 5.19. The van der Waals surface area contributed by atoms with Crippen molar-refractivity contribution in [3.8, 4) is 0 Å². The first-order valence-electron chi connectivity index (χ1n) is 10.3. The van der Waals surface area contributed by atoms with Crippen LogP contribution >= 0.6 is 11.3 Å². The van der Waals surface area contributed by atoms with Crippen molar-refractivity contribution in [1.29, 1.82) is 0 Å². The monoisotopic (exact) mass is 462 g/mol. The molecule has 2 N–H and O–H groups in total. The van der Waals surface area contributed by atoms with Gasteiger partial charge in [-0.1, -0.05) is 41.7 Å². The van der Waals surface area contributed by atoms with E-state index in [1.807, 2.05) is 49.4 Å². The minimum absolute atomic E-state index is 0.237. The number of para-hydroxylation sites is 2. The summed E-state index contributed by atoms with van der Waals surface area (Å²) >= 11 is 1.47. The van der Waals surface area contributed by atoms with Crippen molar-refractivity contribution < 1.29 is 8.42 Å². The molecule has 0 fully saturated rings. The van der Waals surface area contributed by atoms with Gasteiger partial charge >= 0.3 is 0 Å². The summed E-state index contributed by atoms with van der Waals surface area (Å²) in [5.41, 5.74) is 10.7. The van der Waals surface area contributed by atoms with Crippen molar-refractivity contribution in [1.82, 2.24) is 4.98 Å². The number of anilines is 1. The van der Waals surface area contributed by atoms with Gasteiger partial charge in [0.2, 0.25) is 5.13 Å². The van der Waals surface area contributed by atoms with E-state index in [1.165, 1.54) is 15.6 Å². The third-order valence-corrected chi connectivity index (χ3v) is 8.37. The third-order valence-electron chi connectivity index (χ3n) is 5.63. The van der Waals surface area contributed by atoms with Crippen LogP contribution in [-0.4, -0.2) is 25.8 Å². The van der Waals surface area contributed by atoms with Crippen molar-refractivity contribution in [2.45, 2.75) is 24.7 Å². The minimum Gasteiger partial charge on any atom is -0.383 e. The van der Waals surface area contributed by atoms with Gasteiger partial charge in [-0.15, -0.1) is 0 Å². The van der Waals surface area contributed by atoms with Crippen LogP contribution in [0.2, 0.25) is 0 Å². The highest BCUT2D eigenvalue weighted by Gasteiger charge is 2.28. The number of hydrogen-bond donors (Lipinski definition) is 1. The van der Waals surface area contributed by atoms with Crippen molar-refractivity contribution in [3.05, 3.63) is 83.4 Å². The van der Waals surface area contributed by atoms with E-state index in [4.69, 9.17) is 5.73 Å². The molecule has 0 aliphatic carbocycles. The standard InChI is InChI=1S/C24H22N4O2S2/c1-16-6-4-10-21-22(16)26-24(31-21)27-23(25)18-11-13-19(14-12-18)32(29,30)28-15-5-8-17-7-2-3-9-20(17)28/h2-4,6-7,9-14H,5,8,15H2,1H3,(H2,25,26,27).